The van der Waals surface area contributed by atoms with Crippen LogP contribution in [0.15, 0.2) is 53.1 Å². The molecule has 0 saturated carbocycles. The number of rotatable bonds is 17. The number of hydroxylamine groups is 2. The molecule has 3 heterocycles. The number of ether oxygens (including phenoxy) is 1. The summed E-state index contributed by atoms with van der Waals surface area (Å²) < 4.78 is 44.6. The Bertz CT molecular complexity index is 1930. The van der Waals surface area contributed by atoms with Crippen molar-refractivity contribution in [3.05, 3.63) is 59.4 Å². The molecule has 274 valence electrons. The first kappa shape index (κ1) is 38.7. The summed E-state index contributed by atoms with van der Waals surface area (Å²) in [5, 5.41) is 18.1. The number of aliphatic carboxylic acids is 1. The van der Waals surface area contributed by atoms with E-state index in [-0.39, 0.29) is 41.6 Å². The molecule has 1 aliphatic rings. The van der Waals surface area contributed by atoms with Crippen LogP contribution in [0.4, 0.5) is 5.13 Å². The largest absolute Gasteiger partial charge is 0.724 e. The molecule has 2 amide bonds. The molecule has 1 fully saturated rings. The zero-order valence-corrected chi connectivity index (χ0v) is 29.2. The highest BCUT2D eigenvalue weighted by molar-refractivity contribution is 7.80. The van der Waals surface area contributed by atoms with E-state index in [0.29, 0.717) is 10.8 Å². The van der Waals surface area contributed by atoms with Crippen LogP contribution in [0, 0.1) is 5.92 Å². The Morgan fingerprint density at radius 2 is 1.80 bits per heavy atom. The number of nitrogens with zero attached hydrogens (tertiary/aromatic N) is 4. The Morgan fingerprint density at radius 3 is 2.33 bits per heavy atom. The maximum atomic E-state index is 13.3. The molecule has 0 radical (unpaired) electrons. The number of anilines is 1. The van der Waals surface area contributed by atoms with Gasteiger partial charge in [-0.1, -0.05) is 17.3 Å². The molecule has 3 aromatic rings. The lowest BCUT2D eigenvalue weighted by molar-refractivity contribution is -0.673. The number of pyridine rings is 1. The lowest BCUT2D eigenvalue weighted by Gasteiger charge is -2.51. The van der Waals surface area contributed by atoms with Crippen LogP contribution in [0.1, 0.15) is 36.5 Å². The zero-order chi connectivity index (χ0) is 37.7. The molecule has 19 nitrogen and oxygen atoms in total. The van der Waals surface area contributed by atoms with E-state index in [9.17, 15) is 37.3 Å². The van der Waals surface area contributed by atoms with Gasteiger partial charge in [0.15, 0.2) is 22.8 Å². The standard InChI is InChI=1S/C30H36N8O11S2/c1-30(2)20(27(41)38(30)49-51(44,45)46)10-23(39)25(21-15-50-29(33)35-21)36-48-24(28(42)43)14-47-19-7-4-16(5-8-19)17-6-9-22(37(3)13-17)26(40)34-18(11-31)12-32/h4-9,13,15,18,20,24H,10-12,14,31-32H2,1-3H3,(H4-,33,34,35,40,42,43,44,45,46)/b36-25-/t20-,24?/m1/s1. The molecule has 1 unspecified atom stereocenters. The molecule has 8 N–H and O–H groups in total. The number of hydrogen-bond acceptors (Lipinski definition) is 16. The van der Waals surface area contributed by atoms with Gasteiger partial charge in [-0.05, 0) is 37.6 Å². The van der Waals surface area contributed by atoms with Gasteiger partial charge in [-0.2, -0.15) is 13.9 Å². The van der Waals surface area contributed by atoms with Crippen molar-refractivity contribution in [1.82, 2.24) is 15.4 Å². The number of carbonyl (C=O) groups excluding carboxylic acids is 3. The van der Waals surface area contributed by atoms with Gasteiger partial charge in [-0.3, -0.25) is 14.4 Å². The monoisotopic (exact) mass is 748 g/mol. The van der Waals surface area contributed by atoms with Crippen LogP contribution in [0.25, 0.3) is 11.1 Å². The van der Waals surface area contributed by atoms with E-state index < -0.39 is 64.4 Å². The van der Waals surface area contributed by atoms with E-state index in [0.717, 1.165) is 22.5 Å². The number of benzene rings is 1. The third-order valence-corrected chi connectivity index (χ3v) is 8.87. The number of nitrogen functional groups attached to an aromatic ring is 1. The summed E-state index contributed by atoms with van der Waals surface area (Å²) >= 11 is 0.963. The van der Waals surface area contributed by atoms with Crippen LogP contribution >= 0.6 is 11.3 Å². The molecule has 2 aromatic heterocycles. The minimum absolute atomic E-state index is 0.0552. The first-order valence-corrected chi connectivity index (χ1v) is 17.3. The van der Waals surface area contributed by atoms with Crippen molar-refractivity contribution in [3.8, 4) is 16.9 Å². The number of carbonyl (C=O) groups is 4. The molecule has 1 aromatic carbocycles. The van der Waals surface area contributed by atoms with Gasteiger partial charge < -0.3 is 41.8 Å². The third kappa shape index (κ3) is 9.39. The number of hydrogen-bond donors (Lipinski definition) is 5. The molecule has 51 heavy (non-hydrogen) atoms. The average Bonchev–Trinajstić information content (AvgIpc) is 3.51. The molecule has 4 rings (SSSR count). The van der Waals surface area contributed by atoms with Crippen LogP contribution in [-0.2, 0) is 41.0 Å². The Labute approximate surface area is 295 Å². The molecular weight excluding hydrogens is 713 g/mol. The van der Waals surface area contributed by atoms with Crippen LogP contribution in [0.5, 0.6) is 5.75 Å². The predicted molar refractivity (Wildman–Crippen MR) is 178 cm³/mol. The SMILES string of the molecule is C[n+]1cc(-c2ccc(OCC(O/N=C(\C(=O)C[C@@H]3C(=O)N(OS(=O)(=O)[O-])C3(C)C)c3csc(N)n3)C(=O)O)cc2)ccc1C(=O)NC(CN)CN. The van der Waals surface area contributed by atoms with E-state index >= 15 is 0 Å². The van der Waals surface area contributed by atoms with Crippen LogP contribution in [0.2, 0.25) is 0 Å². The lowest BCUT2D eigenvalue weighted by Crippen LogP contribution is -2.68. The second-order valence-electron chi connectivity index (χ2n) is 11.8. The molecule has 0 bridgehead atoms. The topological polar surface area (TPSA) is 296 Å². The number of nitrogens with two attached hydrogens (primary N) is 3. The number of thiazole rings is 1. The van der Waals surface area contributed by atoms with Gasteiger partial charge >= 0.3 is 11.9 Å². The number of oxime groups is 1. The van der Waals surface area contributed by atoms with Gasteiger partial charge in [-0.15, -0.1) is 11.3 Å². The summed E-state index contributed by atoms with van der Waals surface area (Å²) in [5.41, 5.74) is 17.0. The number of β-lactam (4-membered cyclic amide) rings is 1. The molecule has 2 atom stereocenters. The van der Waals surface area contributed by atoms with E-state index in [2.05, 4.69) is 19.7 Å². The van der Waals surface area contributed by atoms with Crippen LogP contribution in [-0.4, -0.2) is 94.8 Å². The number of carboxylic acid groups (broad SMARTS) is 1. The Balaban J connectivity index is 1.43. The summed E-state index contributed by atoms with van der Waals surface area (Å²) in [6, 6.07) is 9.71. The summed E-state index contributed by atoms with van der Waals surface area (Å²) in [5.74, 6) is -4.38. The molecular formula is C30H36N8O11S2. The minimum Gasteiger partial charge on any atom is -0.724 e. The van der Waals surface area contributed by atoms with Crippen molar-refractivity contribution < 1.29 is 55.7 Å². The first-order valence-electron chi connectivity index (χ1n) is 15.1. The number of Topliss-reactive ketones (excluding diaryl/α,β-unsaturated/α-hetero) is 1. The summed E-state index contributed by atoms with van der Waals surface area (Å²) in [6.45, 7) is 2.64. The van der Waals surface area contributed by atoms with Gasteiger partial charge in [-0.25, -0.2) is 18.2 Å². The number of amides is 2. The molecule has 1 saturated heterocycles. The molecule has 21 heteroatoms. The first-order chi connectivity index (χ1) is 23.9. The lowest BCUT2D eigenvalue weighted by atomic mass is 9.74. The molecule has 0 aliphatic carbocycles. The van der Waals surface area contributed by atoms with Crippen molar-refractivity contribution in [1.29, 1.82) is 0 Å². The van der Waals surface area contributed by atoms with Crippen molar-refractivity contribution in [2.45, 2.75) is 38.0 Å². The predicted octanol–water partition coefficient (Wildman–Crippen LogP) is -0.926. The van der Waals surface area contributed by atoms with Gasteiger partial charge in [0.05, 0.1) is 17.5 Å². The number of ketones is 1. The van der Waals surface area contributed by atoms with Crippen molar-refractivity contribution in [2.75, 3.05) is 25.4 Å². The van der Waals surface area contributed by atoms with E-state index in [1.807, 2.05) is 0 Å². The minimum atomic E-state index is -5.26. The smallest absolute Gasteiger partial charge is 0.351 e. The number of aryl methyl sites for hydroxylation is 1. The number of aromatic nitrogens is 2. The van der Waals surface area contributed by atoms with E-state index in [1.165, 1.54) is 19.2 Å². The summed E-state index contributed by atoms with van der Waals surface area (Å²) in [4.78, 5) is 59.8. The molecule has 0 spiro atoms. The van der Waals surface area contributed by atoms with Crippen molar-refractivity contribution in [3.63, 3.8) is 0 Å². The summed E-state index contributed by atoms with van der Waals surface area (Å²) in [6.07, 6.45) is -0.483. The second-order valence-corrected chi connectivity index (χ2v) is 13.6. The van der Waals surface area contributed by atoms with Gasteiger partial charge in [0, 0.05) is 36.5 Å². The maximum Gasteiger partial charge on any atom is 0.351 e. The van der Waals surface area contributed by atoms with Gasteiger partial charge in [0.2, 0.25) is 10.4 Å². The van der Waals surface area contributed by atoms with Gasteiger partial charge in [0.1, 0.15) is 25.1 Å². The van der Waals surface area contributed by atoms with E-state index in [4.69, 9.17) is 26.8 Å². The van der Waals surface area contributed by atoms with Crippen molar-refractivity contribution >= 4 is 56.1 Å². The highest BCUT2D eigenvalue weighted by Crippen LogP contribution is 2.40. The van der Waals surface area contributed by atoms with Crippen LogP contribution < -0.4 is 31.8 Å². The summed E-state index contributed by atoms with van der Waals surface area (Å²) in [7, 11) is -3.54. The Hall–Kier alpha value is -5.06. The number of nitrogens with one attached hydrogen (secondary N) is 1. The van der Waals surface area contributed by atoms with E-state index in [1.54, 1.807) is 54.2 Å². The fourth-order valence-corrected chi connectivity index (χ4v) is 5.95. The fraction of sp³-hybridized carbons (Fsp3) is 0.367. The quantitative estimate of drug-likeness (QED) is 0.0278. The third-order valence-electron chi connectivity index (χ3n) is 7.86. The fourth-order valence-electron chi connectivity index (χ4n) is 4.95. The highest BCUT2D eigenvalue weighted by atomic mass is 32.3. The maximum absolute atomic E-state index is 13.3. The number of carboxylic acids is 1. The average molecular weight is 749 g/mol. The molecule has 1 aliphatic heterocycles. The van der Waals surface area contributed by atoms with Crippen LogP contribution in [0.3, 0.4) is 0 Å². The zero-order valence-electron chi connectivity index (χ0n) is 27.5. The highest BCUT2D eigenvalue weighted by Gasteiger charge is 2.57. The Morgan fingerprint density at radius 1 is 1.16 bits per heavy atom. The Kier molecular flexibility index (Phi) is 12.1. The van der Waals surface area contributed by atoms with Gasteiger partial charge in [0.25, 0.3) is 17.7 Å². The normalized spacial score (nSPS) is 16.4. The second kappa shape index (κ2) is 15.9. The van der Waals surface area contributed by atoms with Crippen molar-refractivity contribution in [2.24, 2.45) is 29.6 Å².